The minimum Gasteiger partial charge on any atom is -0.344 e. The Morgan fingerprint density at radius 1 is 0.400 bits per heavy atom. The van der Waals surface area contributed by atoms with Crippen molar-refractivity contribution in [3.63, 3.8) is 0 Å². The number of hydrogen-bond donors (Lipinski definition) is 4. The maximum atomic E-state index is 8.74. The van der Waals surface area contributed by atoms with E-state index in [0.29, 0.717) is 0 Å². The normalized spacial score (nSPS) is 10.6. The number of hydrogen-bond acceptors (Lipinski definition) is 5. The molecule has 0 aromatic rings. The molecule has 0 bridgehead atoms. The van der Waals surface area contributed by atoms with E-state index in [4.69, 9.17) is 22.3 Å². The number of ether oxygens (including phenoxy) is 1. The third kappa shape index (κ3) is 76.3. The van der Waals surface area contributed by atoms with Gasteiger partial charge in [-0.3, -0.25) is 9.11 Å². The van der Waals surface area contributed by atoms with E-state index in [9.17, 15) is 0 Å². The Labute approximate surface area is 301 Å². The second kappa shape index (κ2) is 51.6. The Kier molecular flexibility index (Phi) is 63.2. The van der Waals surface area contributed by atoms with Crippen LogP contribution in [0.15, 0.2) is 0 Å². The van der Waals surface area contributed by atoms with Gasteiger partial charge in [0.25, 0.3) is 0 Å². The van der Waals surface area contributed by atoms with Crippen molar-refractivity contribution in [1.82, 2.24) is 12.3 Å². The standard InChI is InChI=1S/C24H50O.C12H25.2H3N.Na.H2O4S/c1-3-5-7-9-11-13-15-17-19-21-23-25-24-22-20-18-16-14-12-10-8-6-4-2;1-3-5-7-9-11-12-10-8-6-4-2;;;;1-5(2,3)4/h3-24H2,1-2H3;1,3-12H2,2H3;2*1H3;;(H2,1,2,3,4). The van der Waals surface area contributed by atoms with E-state index in [1.54, 1.807) is 0 Å². The molecule has 0 amide bonds. The first kappa shape index (κ1) is 55.2. The largest absolute Gasteiger partial charge is 0.394 e. The van der Waals surface area contributed by atoms with Crippen molar-refractivity contribution >= 4 is 38.3 Å². The van der Waals surface area contributed by atoms with Gasteiger partial charge in [-0.25, -0.2) is 0 Å². The molecule has 0 atom stereocenters. The summed E-state index contributed by atoms with van der Waals surface area (Å²) < 4.78 is 38.9. The van der Waals surface area contributed by atoms with E-state index < -0.39 is 10.4 Å². The van der Waals surface area contributed by atoms with Gasteiger partial charge >= 0.3 is 113 Å². The van der Waals surface area contributed by atoms with Crippen LogP contribution in [0.2, 0.25) is 3.67 Å². The van der Waals surface area contributed by atoms with Crippen molar-refractivity contribution in [3.8, 4) is 0 Å². The molecule has 0 aromatic carbocycles. The average Bonchev–Trinajstić information content (AvgIpc) is 2.97. The summed E-state index contributed by atoms with van der Waals surface area (Å²) in [5.41, 5.74) is 0. The van der Waals surface area contributed by atoms with Crippen LogP contribution >= 0.6 is 0 Å². The molecule has 0 unspecified atom stereocenters. The average molecular weight is 679 g/mol. The SMILES string of the molecule is CCCCCCCCCCCCOCCCCCCCCCCCC.CCCCCCCCCCC[CH2][Na].N.N.O=S(=O)(O)O. The summed E-state index contributed by atoms with van der Waals surface area (Å²) in [7, 11) is -4.67. The Hall–Kier alpha value is 0.750. The van der Waals surface area contributed by atoms with Crippen molar-refractivity contribution in [1.29, 1.82) is 0 Å². The predicted octanol–water partition coefficient (Wildman–Crippen LogP) is 13.0. The molecule has 0 rings (SSSR count). The first-order valence-corrected chi connectivity index (χ1v) is 21.9. The third-order valence-electron chi connectivity index (χ3n) is 7.99. The fourth-order valence-electron chi connectivity index (χ4n) is 5.22. The van der Waals surface area contributed by atoms with Gasteiger partial charge in [-0.15, -0.1) is 0 Å². The Morgan fingerprint density at radius 3 is 0.778 bits per heavy atom. The molecule has 274 valence electrons. The van der Waals surface area contributed by atoms with Gasteiger partial charge < -0.3 is 17.0 Å². The number of unbranched alkanes of at least 4 members (excludes halogenated alkanes) is 27. The summed E-state index contributed by atoms with van der Waals surface area (Å²) in [6.07, 6.45) is 42.9. The zero-order valence-electron chi connectivity index (χ0n) is 31.3. The summed E-state index contributed by atoms with van der Waals surface area (Å²) in [5.74, 6) is 0. The van der Waals surface area contributed by atoms with Crippen LogP contribution < -0.4 is 12.3 Å². The van der Waals surface area contributed by atoms with Crippen LogP contribution in [0.25, 0.3) is 0 Å². The molecule has 0 fully saturated rings. The fourth-order valence-corrected chi connectivity index (χ4v) is 5.72. The molecule has 0 saturated carbocycles. The summed E-state index contributed by atoms with van der Waals surface area (Å²) in [6.45, 7) is 8.85. The zero-order valence-corrected chi connectivity index (χ0v) is 34.1. The summed E-state index contributed by atoms with van der Waals surface area (Å²) in [5, 5.41) is 0. The zero-order chi connectivity index (χ0) is 32.5. The van der Waals surface area contributed by atoms with Crippen LogP contribution in [-0.4, -0.2) is 58.7 Å². The molecule has 9 heteroatoms. The van der Waals surface area contributed by atoms with E-state index in [-0.39, 0.29) is 12.3 Å². The van der Waals surface area contributed by atoms with E-state index in [1.165, 1.54) is 224 Å². The Balaban J connectivity index is -0.000000223. The van der Waals surface area contributed by atoms with Crippen molar-refractivity contribution in [2.24, 2.45) is 0 Å². The van der Waals surface area contributed by atoms with Crippen LogP contribution in [0.5, 0.6) is 0 Å². The van der Waals surface area contributed by atoms with Gasteiger partial charge in [0, 0.05) is 13.2 Å². The Bertz CT molecular complexity index is 532. The fraction of sp³-hybridized carbons (Fsp3) is 1.00. The molecule has 0 heterocycles. The molecule has 0 spiro atoms. The maximum Gasteiger partial charge on any atom is 0.394 e. The van der Waals surface area contributed by atoms with Crippen molar-refractivity contribution < 1.29 is 22.3 Å². The number of rotatable bonds is 32. The topological polar surface area (TPSA) is 154 Å². The van der Waals surface area contributed by atoms with Gasteiger partial charge in [-0.1, -0.05) is 129 Å². The quantitative estimate of drug-likeness (QED) is 0.0313. The molecule has 0 aliphatic rings. The van der Waals surface area contributed by atoms with E-state index in [2.05, 4.69) is 20.8 Å². The molecular formula is C36H83N2NaO5S. The van der Waals surface area contributed by atoms with Crippen molar-refractivity contribution in [3.05, 3.63) is 0 Å². The molecule has 0 radical (unpaired) electrons. The Morgan fingerprint density at radius 2 is 0.578 bits per heavy atom. The summed E-state index contributed by atoms with van der Waals surface area (Å²) in [6, 6.07) is 0. The van der Waals surface area contributed by atoms with Gasteiger partial charge in [0.1, 0.15) is 0 Å². The summed E-state index contributed by atoms with van der Waals surface area (Å²) in [4.78, 5) is 0. The molecule has 8 N–H and O–H groups in total. The van der Waals surface area contributed by atoms with Gasteiger partial charge in [0.2, 0.25) is 0 Å². The van der Waals surface area contributed by atoms with Gasteiger partial charge in [0.05, 0.1) is 0 Å². The molecule has 45 heavy (non-hydrogen) atoms. The first-order chi connectivity index (χ1) is 20.8. The van der Waals surface area contributed by atoms with E-state index in [1.807, 2.05) is 0 Å². The van der Waals surface area contributed by atoms with E-state index in [0.717, 1.165) is 13.2 Å². The second-order valence-corrected chi connectivity index (χ2v) is 14.5. The molecule has 0 aliphatic heterocycles. The molecule has 0 aliphatic carbocycles. The molecule has 0 saturated heterocycles. The van der Waals surface area contributed by atoms with Crippen molar-refractivity contribution in [2.75, 3.05) is 13.2 Å². The van der Waals surface area contributed by atoms with Crippen LogP contribution in [-0.2, 0) is 15.1 Å². The van der Waals surface area contributed by atoms with Crippen LogP contribution in [0.1, 0.15) is 213 Å². The molecule has 7 nitrogen and oxygen atoms in total. The van der Waals surface area contributed by atoms with Gasteiger partial charge in [0.15, 0.2) is 0 Å². The first-order valence-electron chi connectivity index (χ1n) is 19.1. The summed E-state index contributed by atoms with van der Waals surface area (Å²) >= 11 is 1.41. The minimum atomic E-state index is -4.67. The minimum absolute atomic E-state index is 0. The smallest absolute Gasteiger partial charge is 0.344 e. The van der Waals surface area contributed by atoms with Crippen LogP contribution in [0.3, 0.4) is 0 Å². The van der Waals surface area contributed by atoms with Gasteiger partial charge in [-0.05, 0) is 12.8 Å². The molecular weight excluding hydrogens is 595 g/mol. The third-order valence-corrected chi connectivity index (χ3v) is 8.70. The molecule has 0 aromatic heterocycles. The second-order valence-electron chi connectivity index (χ2n) is 12.6. The van der Waals surface area contributed by atoms with Crippen LogP contribution in [0, 0.1) is 0 Å². The monoisotopic (exact) mass is 679 g/mol. The van der Waals surface area contributed by atoms with Crippen molar-refractivity contribution in [2.45, 2.75) is 217 Å². The van der Waals surface area contributed by atoms with Crippen LogP contribution in [0.4, 0.5) is 0 Å². The van der Waals surface area contributed by atoms with Gasteiger partial charge in [-0.2, -0.15) is 8.42 Å². The maximum absolute atomic E-state index is 8.74. The predicted molar refractivity (Wildman–Crippen MR) is 201 cm³/mol. The van der Waals surface area contributed by atoms with E-state index >= 15 is 0 Å².